The number of rotatable bonds is 5. The SMILES string of the molecule is COc1cc(CSc2ccc(CO)cc2)ccc1C#N. The maximum Gasteiger partial charge on any atom is 0.136 e. The minimum absolute atomic E-state index is 0.0672. The maximum absolute atomic E-state index is 9.00. The Labute approximate surface area is 122 Å². The van der Waals surface area contributed by atoms with Crippen molar-refractivity contribution in [2.45, 2.75) is 17.3 Å². The Morgan fingerprint density at radius 2 is 1.85 bits per heavy atom. The molecule has 4 heteroatoms. The molecule has 0 fully saturated rings. The molecule has 20 heavy (non-hydrogen) atoms. The summed E-state index contributed by atoms with van der Waals surface area (Å²) in [6.07, 6.45) is 0. The molecule has 0 aliphatic carbocycles. The van der Waals surface area contributed by atoms with Crippen LogP contribution in [0.3, 0.4) is 0 Å². The normalized spacial score (nSPS) is 10.1. The number of aliphatic hydroxyl groups is 1. The van der Waals surface area contributed by atoms with Crippen LogP contribution in [0.4, 0.5) is 0 Å². The third-order valence-electron chi connectivity index (χ3n) is 2.90. The quantitative estimate of drug-likeness (QED) is 0.856. The largest absolute Gasteiger partial charge is 0.495 e. The van der Waals surface area contributed by atoms with E-state index in [1.54, 1.807) is 24.9 Å². The van der Waals surface area contributed by atoms with E-state index in [-0.39, 0.29) is 6.61 Å². The van der Waals surface area contributed by atoms with Gasteiger partial charge in [0.2, 0.25) is 0 Å². The summed E-state index contributed by atoms with van der Waals surface area (Å²) < 4.78 is 5.20. The van der Waals surface area contributed by atoms with Gasteiger partial charge in [-0.3, -0.25) is 0 Å². The van der Waals surface area contributed by atoms with Crippen molar-refractivity contribution >= 4 is 11.8 Å². The van der Waals surface area contributed by atoms with Crippen molar-refractivity contribution in [3.8, 4) is 11.8 Å². The number of nitriles is 1. The average Bonchev–Trinajstić information content (AvgIpc) is 2.53. The van der Waals surface area contributed by atoms with Gasteiger partial charge in [0.25, 0.3) is 0 Å². The zero-order valence-electron chi connectivity index (χ0n) is 11.2. The van der Waals surface area contributed by atoms with Crippen LogP contribution in [0.25, 0.3) is 0 Å². The highest BCUT2D eigenvalue weighted by Gasteiger charge is 2.04. The predicted octanol–water partition coefficient (Wildman–Crippen LogP) is 3.35. The Morgan fingerprint density at radius 1 is 1.15 bits per heavy atom. The number of nitrogens with zero attached hydrogens (tertiary/aromatic N) is 1. The predicted molar refractivity (Wildman–Crippen MR) is 79.6 cm³/mol. The van der Waals surface area contributed by atoms with Crippen LogP contribution in [0.2, 0.25) is 0 Å². The fraction of sp³-hybridized carbons (Fsp3) is 0.188. The molecule has 2 aromatic carbocycles. The highest BCUT2D eigenvalue weighted by Crippen LogP contribution is 2.26. The number of ether oxygens (including phenoxy) is 1. The lowest BCUT2D eigenvalue weighted by atomic mass is 10.1. The Bertz CT molecular complexity index is 617. The van der Waals surface area contributed by atoms with Crippen molar-refractivity contribution in [2.75, 3.05) is 7.11 Å². The van der Waals surface area contributed by atoms with Gasteiger partial charge in [-0.1, -0.05) is 18.2 Å². The van der Waals surface area contributed by atoms with Gasteiger partial charge < -0.3 is 9.84 Å². The molecule has 0 radical (unpaired) electrons. The lowest BCUT2D eigenvalue weighted by Crippen LogP contribution is -1.90. The number of thioether (sulfide) groups is 1. The molecule has 3 nitrogen and oxygen atoms in total. The molecule has 0 amide bonds. The summed E-state index contributed by atoms with van der Waals surface area (Å²) >= 11 is 1.71. The molecule has 0 unspecified atom stereocenters. The van der Waals surface area contributed by atoms with Gasteiger partial charge in [0, 0.05) is 10.6 Å². The summed E-state index contributed by atoms with van der Waals surface area (Å²) in [7, 11) is 1.57. The third kappa shape index (κ3) is 3.53. The van der Waals surface area contributed by atoms with E-state index in [1.807, 2.05) is 36.4 Å². The van der Waals surface area contributed by atoms with Crippen molar-refractivity contribution in [3.63, 3.8) is 0 Å². The van der Waals surface area contributed by atoms with E-state index in [1.165, 1.54) is 0 Å². The first kappa shape index (κ1) is 14.4. The number of aliphatic hydroxyl groups excluding tert-OH is 1. The lowest BCUT2D eigenvalue weighted by molar-refractivity contribution is 0.282. The summed E-state index contributed by atoms with van der Waals surface area (Å²) in [5, 5.41) is 17.9. The van der Waals surface area contributed by atoms with Crippen molar-refractivity contribution < 1.29 is 9.84 Å². The highest BCUT2D eigenvalue weighted by molar-refractivity contribution is 7.98. The van der Waals surface area contributed by atoms with Crippen molar-refractivity contribution in [3.05, 3.63) is 59.2 Å². The van der Waals surface area contributed by atoms with Crippen LogP contribution < -0.4 is 4.74 Å². The zero-order valence-corrected chi connectivity index (χ0v) is 12.0. The summed E-state index contributed by atoms with van der Waals surface area (Å²) in [5.41, 5.74) is 2.57. The van der Waals surface area contributed by atoms with E-state index in [4.69, 9.17) is 15.1 Å². The van der Waals surface area contributed by atoms with E-state index >= 15 is 0 Å². The Balaban J connectivity index is 2.05. The van der Waals surface area contributed by atoms with E-state index < -0.39 is 0 Å². The molecular formula is C16H15NO2S. The van der Waals surface area contributed by atoms with Crippen molar-refractivity contribution in [1.29, 1.82) is 5.26 Å². The van der Waals surface area contributed by atoms with Gasteiger partial charge in [0.1, 0.15) is 11.8 Å². The van der Waals surface area contributed by atoms with Crippen LogP contribution >= 0.6 is 11.8 Å². The minimum Gasteiger partial charge on any atom is -0.495 e. The molecule has 0 aromatic heterocycles. The van der Waals surface area contributed by atoms with E-state index in [2.05, 4.69) is 6.07 Å². The average molecular weight is 285 g/mol. The highest BCUT2D eigenvalue weighted by atomic mass is 32.2. The number of hydrogen-bond donors (Lipinski definition) is 1. The Kier molecular flexibility index (Phi) is 5.05. The van der Waals surface area contributed by atoms with Crippen molar-refractivity contribution in [2.24, 2.45) is 0 Å². The van der Waals surface area contributed by atoms with Crippen molar-refractivity contribution in [1.82, 2.24) is 0 Å². The van der Waals surface area contributed by atoms with Gasteiger partial charge in [-0.2, -0.15) is 5.26 Å². The molecule has 1 N–H and O–H groups in total. The van der Waals surface area contributed by atoms with Crippen LogP contribution in [0.1, 0.15) is 16.7 Å². The molecule has 0 spiro atoms. The van der Waals surface area contributed by atoms with Crippen LogP contribution in [-0.4, -0.2) is 12.2 Å². The first-order valence-corrected chi connectivity index (χ1v) is 7.15. The molecule has 102 valence electrons. The molecule has 0 heterocycles. The second-order valence-electron chi connectivity index (χ2n) is 4.24. The molecule has 0 saturated heterocycles. The lowest BCUT2D eigenvalue weighted by Gasteiger charge is -2.07. The fourth-order valence-electron chi connectivity index (χ4n) is 1.78. The molecule has 0 saturated carbocycles. The van der Waals surface area contributed by atoms with Gasteiger partial charge in [-0.25, -0.2) is 0 Å². The van der Waals surface area contributed by atoms with Gasteiger partial charge in [0.15, 0.2) is 0 Å². The van der Waals surface area contributed by atoms with Gasteiger partial charge in [0.05, 0.1) is 19.3 Å². The summed E-state index contributed by atoms with van der Waals surface area (Å²) in [6, 6.07) is 15.6. The molecule has 0 aliphatic rings. The monoisotopic (exact) mass is 285 g/mol. The Hall–Kier alpha value is -1.96. The van der Waals surface area contributed by atoms with E-state index in [0.29, 0.717) is 11.3 Å². The van der Waals surface area contributed by atoms with Gasteiger partial charge >= 0.3 is 0 Å². The summed E-state index contributed by atoms with van der Waals surface area (Å²) in [6.45, 7) is 0.0672. The Morgan fingerprint density at radius 3 is 2.45 bits per heavy atom. The van der Waals surface area contributed by atoms with E-state index in [9.17, 15) is 0 Å². The molecule has 0 atom stereocenters. The molecular weight excluding hydrogens is 270 g/mol. The minimum atomic E-state index is 0.0672. The molecule has 0 bridgehead atoms. The number of hydrogen-bond acceptors (Lipinski definition) is 4. The van der Waals surface area contributed by atoms with Crippen LogP contribution in [-0.2, 0) is 12.4 Å². The second kappa shape index (κ2) is 6.99. The smallest absolute Gasteiger partial charge is 0.136 e. The standard InChI is InChI=1S/C16H15NO2S/c1-19-16-8-13(2-5-14(16)9-17)11-20-15-6-3-12(10-18)4-7-15/h2-8,18H,10-11H2,1H3. The van der Waals surface area contributed by atoms with E-state index in [0.717, 1.165) is 21.8 Å². The first-order valence-electron chi connectivity index (χ1n) is 6.16. The van der Waals surface area contributed by atoms with Gasteiger partial charge in [-0.05, 0) is 35.4 Å². The zero-order chi connectivity index (χ0) is 14.4. The van der Waals surface area contributed by atoms with Crippen LogP contribution in [0.5, 0.6) is 5.75 Å². The topological polar surface area (TPSA) is 53.2 Å². The maximum atomic E-state index is 9.00. The van der Waals surface area contributed by atoms with Gasteiger partial charge in [-0.15, -0.1) is 11.8 Å². The molecule has 2 aromatic rings. The third-order valence-corrected chi connectivity index (χ3v) is 3.98. The second-order valence-corrected chi connectivity index (χ2v) is 5.29. The summed E-state index contributed by atoms with van der Waals surface area (Å²) in [5.74, 6) is 1.42. The fourth-order valence-corrected chi connectivity index (χ4v) is 2.62. The molecule has 0 aliphatic heterocycles. The number of methoxy groups -OCH3 is 1. The molecule has 2 rings (SSSR count). The summed E-state index contributed by atoms with van der Waals surface area (Å²) in [4.78, 5) is 1.14. The number of benzene rings is 2. The van der Waals surface area contributed by atoms with Crippen LogP contribution in [0, 0.1) is 11.3 Å². The first-order chi connectivity index (χ1) is 9.76. The van der Waals surface area contributed by atoms with Crippen LogP contribution in [0.15, 0.2) is 47.4 Å².